The van der Waals surface area contributed by atoms with Gasteiger partial charge in [0.2, 0.25) is 5.91 Å². The van der Waals surface area contributed by atoms with Crippen molar-refractivity contribution < 1.29 is 14.7 Å². The van der Waals surface area contributed by atoms with E-state index in [9.17, 15) is 14.7 Å². The minimum absolute atomic E-state index is 0.0492. The molecule has 1 fully saturated rings. The fourth-order valence-corrected chi connectivity index (χ4v) is 3.29. The Labute approximate surface area is 128 Å². The van der Waals surface area contributed by atoms with E-state index in [0.717, 1.165) is 25.7 Å². The number of rotatable bonds is 10. The summed E-state index contributed by atoms with van der Waals surface area (Å²) >= 11 is 0. The van der Waals surface area contributed by atoms with Crippen molar-refractivity contribution in [2.75, 3.05) is 6.54 Å². The molecule has 1 aliphatic carbocycles. The Kier molecular flexibility index (Phi) is 8.40. The quantitative estimate of drug-likeness (QED) is 0.605. The minimum Gasteiger partial charge on any atom is -0.481 e. The highest BCUT2D eigenvalue weighted by Gasteiger charge is 2.41. The first-order chi connectivity index (χ1) is 10.1. The second kappa shape index (κ2) is 9.80. The first-order valence-electron chi connectivity index (χ1n) is 8.60. The molecule has 2 N–H and O–H groups in total. The van der Waals surface area contributed by atoms with Crippen LogP contribution in [0.25, 0.3) is 0 Å². The Balaban J connectivity index is 2.25. The van der Waals surface area contributed by atoms with Crippen LogP contribution in [0.3, 0.4) is 0 Å². The number of unbranched alkanes of at least 4 members (excludes halogenated alkanes) is 5. The Morgan fingerprint density at radius 2 is 1.62 bits per heavy atom. The van der Waals surface area contributed by atoms with Gasteiger partial charge in [-0.15, -0.1) is 0 Å². The van der Waals surface area contributed by atoms with E-state index in [2.05, 4.69) is 19.2 Å². The Bertz CT molecular complexity index is 330. The zero-order valence-corrected chi connectivity index (χ0v) is 13.6. The maximum absolute atomic E-state index is 12.2. The molecule has 1 amide bonds. The normalized spacial score (nSPS) is 25.0. The smallest absolute Gasteiger partial charge is 0.307 e. The van der Waals surface area contributed by atoms with Crippen LogP contribution in [0, 0.1) is 17.8 Å². The summed E-state index contributed by atoms with van der Waals surface area (Å²) < 4.78 is 0. The zero-order valence-electron chi connectivity index (χ0n) is 13.6. The molecule has 3 atom stereocenters. The van der Waals surface area contributed by atoms with Gasteiger partial charge in [0.25, 0.3) is 0 Å². The molecule has 0 heterocycles. The molecule has 0 saturated heterocycles. The topological polar surface area (TPSA) is 66.4 Å². The van der Waals surface area contributed by atoms with Gasteiger partial charge in [0, 0.05) is 6.54 Å². The van der Waals surface area contributed by atoms with E-state index in [1.54, 1.807) is 0 Å². The van der Waals surface area contributed by atoms with E-state index in [4.69, 9.17) is 0 Å². The lowest BCUT2D eigenvalue weighted by Gasteiger charge is -2.15. The molecule has 4 heteroatoms. The van der Waals surface area contributed by atoms with Gasteiger partial charge in [-0.25, -0.2) is 0 Å². The molecule has 21 heavy (non-hydrogen) atoms. The molecule has 0 spiro atoms. The number of carbonyl (C=O) groups is 2. The average molecular weight is 297 g/mol. The van der Waals surface area contributed by atoms with E-state index in [1.807, 2.05) is 0 Å². The van der Waals surface area contributed by atoms with Crippen LogP contribution in [-0.2, 0) is 9.59 Å². The molecular formula is C17H31NO3. The molecule has 1 saturated carbocycles. The maximum Gasteiger partial charge on any atom is 0.307 e. The number of hydrogen-bond acceptors (Lipinski definition) is 2. The first-order valence-corrected chi connectivity index (χ1v) is 8.60. The van der Waals surface area contributed by atoms with Crippen molar-refractivity contribution in [3.63, 3.8) is 0 Å². The lowest BCUT2D eigenvalue weighted by Crippen LogP contribution is -2.35. The molecule has 0 radical (unpaired) electrons. The molecule has 0 aromatic carbocycles. The molecule has 0 aromatic heterocycles. The predicted octanol–water partition coefficient (Wildman–Crippen LogP) is 3.60. The molecule has 1 rings (SSSR count). The largest absolute Gasteiger partial charge is 0.481 e. The number of carbonyl (C=O) groups excluding carboxylic acids is 1. The van der Waals surface area contributed by atoms with Gasteiger partial charge in [-0.2, -0.15) is 0 Å². The van der Waals surface area contributed by atoms with Crippen molar-refractivity contribution in [3.05, 3.63) is 0 Å². The van der Waals surface area contributed by atoms with Gasteiger partial charge in [-0.3, -0.25) is 9.59 Å². The lowest BCUT2D eigenvalue weighted by atomic mass is 9.95. The van der Waals surface area contributed by atoms with Crippen molar-refractivity contribution in [2.45, 2.75) is 71.6 Å². The van der Waals surface area contributed by atoms with Crippen LogP contribution >= 0.6 is 0 Å². The number of carboxylic acids is 1. The molecule has 122 valence electrons. The van der Waals surface area contributed by atoms with Crippen molar-refractivity contribution >= 4 is 11.9 Å². The van der Waals surface area contributed by atoms with Crippen LogP contribution in [0.15, 0.2) is 0 Å². The number of hydrogen-bond donors (Lipinski definition) is 2. The van der Waals surface area contributed by atoms with Gasteiger partial charge in [0.15, 0.2) is 0 Å². The molecule has 1 unspecified atom stereocenters. The average Bonchev–Trinajstić information content (AvgIpc) is 2.90. The fourth-order valence-electron chi connectivity index (χ4n) is 3.29. The summed E-state index contributed by atoms with van der Waals surface area (Å²) in [7, 11) is 0. The minimum atomic E-state index is -0.814. The second-order valence-electron chi connectivity index (χ2n) is 6.36. The number of nitrogens with one attached hydrogen (secondary N) is 1. The van der Waals surface area contributed by atoms with Gasteiger partial charge in [-0.05, 0) is 25.2 Å². The standard InChI is InChI=1S/C17H31NO3/c1-3-5-6-7-8-9-10-18-16(19)14-11-13(4-2)12-15(14)17(20)21/h13-15H,3-12H2,1-2H3,(H,18,19)(H,20,21)/t13?,14-,15+/m0/s1. The summed E-state index contributed by atoms with van der Waals surface area (Å²) in [5.74, 6) is -1.29. The van der Waals surface area contributed by atoms with Crippen LogP contribution in [0.2, 0.25) is 0 Å². The molecule has 4 nitrogen and oxygen atoms in total. The van der Waals surface area contributed by atoms with Gasteiger partial charge < -0.3 is 10.4 Å². The summed E-state index contributed by atoms with van der Waals surface area (Å²) in [5, 5.41) is 12.2. The number of aliphatic carboxylic acids is 1. The van der Waals surface area contributed by atoms with E-state index in [-0.39, 0.29) is 11.8 Å². The van der Waals surface area contributed by atoms with Crippen LogP contribution in [-0.4, -0.2) is 23.5 Å². The highest BCUT2D eigenvalue weighted by Crippen LogP contribution is 2.38. The maximum atomic E-state index is 12.2. The lowest BCUT2D eigenvalue weighted by molar-refractivity contribution is -0.146. The number of carboxylic acid groups (broad SMARTS) is 1. The van der Waals surface area contributed by atoms with E-state index in [1.165, 1.54) is 25.7 Å². The van der Waals surface area contributed by atoms with Crippen LogP contribution in [0.5, 0.6) is 0 Å². The summed E-state index contributed by atoms with van der Waals surface area (Å²) in [5.41, 5.74) is 0. The van der Waals surface area contributed by atoms with Crippen LogP contribution < -0.4 is 5.32 Å². The molecule has 0 bridgehead atoms. The van der Waals surface area contributed by atoms with E-state index >= 15 is 0 Å². The van der Waals surface area contributed by atoms with Gasteiger partial charge in [-0.1, -0.05) is 52.4 Å². The highest BCUT2D eigenvalue weighted by atomic mass is 16.4. The third-order valence-electron chi connectivity index (χ3n) is 4.72. The Morgan fingerprint density at radius 3 is 2.24 bits per heavy atom. The summed E-state index contributed by atoms with van der Waals surface area (Å²) in [6.45, 7) is 4.95. The zero-order chi connectivity index (χ0) is 15.7. The summed E-state index contributed by atoms with van der Waals surface area (Å²) in [6.07, 6.45) is 9.51. The van der Waals surface area contributed by atoms with E-state index < -0.39 is 11.9 Å². The Hall–Kier alpha value is -1.06. The molecular weight excluding hydrogens is 266 g/mol. The highest BCUT2D eigenvalue weighted by molar-refractivity contribution is 5.85. The van der Waals surface area contributed by atoms with Crippen LogP contribution in [0.1, 0.15) is 71.6 Å². The first kappa shape index (κ1) is 18.0. The third kappa shape index (κ3) is 6.06. The van der Waals surface area contributed by atoms with Gasteiger partial charge >= 0.3 is 5.97 Å². The third-order valence-corrected chi connectivity index (χ3v) is 4.72. The van der Waals surface area contributed by atoms with Crippen molar-refractivity contribution in [2.24, 2.45) is 17.8 Å². The second-order valence-corrected chi connectivity index (χ2v) is 6.36. The van der Waals surface area contributed by atoms with Gasteiger partial charge in [0.1, 0.15) is 0 Å². The van der Waals surface area contributed by atoms with Crippen molar-refractivity contribution in [1.82, 2.24) is 5.32 Å². The van der Waals surface area contributed by atoms with Crippen molar-refractivity contribution in [1.29, 1.82) is 0 Å². The number of amides is 1. The predicted molar refractivity (Wildman–Crippen MR) is 84.0 cm³/mol. The monoisotopic (exact) mass is 297 g/mol. The molecule has 0 aliphatic heterocycles. The van der Waals surface area contributed by atoms with Crippen LogP contribution in [0.4, 0.5) is 0 Å². The van der Waals surface area contributed by atoms with Crippen molar-refractivity contribution in [3.8, 4) is 0 Å². The summed E-state index contributed by atoms with van der Waals surface area (Å²) in [4.78, 5) is 23.5. The van der Waals surface area contributed by atoms with E-state index in [0.29, 0.717) is 18.9 Å². The molecule has 0 aromatic rings. The van der Waals surface area contributed by atoms with Gasteiger partial charge in [0.05, 0.1) is 11.8 Å². The fraction of sp³-hybridized carbons (Fsp3) is 0.882. The molecule has 1 aliphatic rings. The SMILES string of the molecule is CCCCCCCCNC(=O)[C@H]1CC(CC)C[C@H]1C(=O)O. The summed E-state index contributed by atoms with van der Waals surface area (Å²) in [6, 6.07) is 0. The Morgan fingerprint density at radius 1 is 1.00 bits per heavy atom.